The van der Waals surface area contributed by atoms with E-state index in [0.29, 0.717) is 0 Å². The third kappa shape index (κ3) is 1.05. The number of carbonyl (C=O) groups is 1. The van der Waals surface area contributed by atoms with Crippen molar-refractivity contribution in [1.29, 1.82) is 0 Å². The van der Waals surface area contributed by atoms with Gasteiger partial charge in [-0.1, -0.05) is 0 Å². The van der Waals surface area contributed by atoms with Crippen molar-refractivity contribution in [3.63, 3.8) is 0 Å². The summed E-state index contributed by atoms with van der Waals surface area (Å²) < 4.78 is 15.7. The number of halogens is 1. The number of aromatic nitrogens is 1. The molecule has 0 bridgehead atoms. The monoisotopic (exact) mass is 146 g/mol. The number of hydrogen-bond donors (Lipinski definition) is 1. The zero-order valence-electron chi connectivity index (χ0n) is 4.30. The molecule has 0 fully saturated rings. The minimum Gasteiger partial charge on any atom is -0.364 e. The molecule has 0 aromatic carbocycles. The molecule has 0 saturated carbocycles. The average Bonchev–Trinajstić information content (AvgIpc) is 2.13. The van der Waals surface area contributed by atoms with Gasteiger partial charge in [-0.15, -0.1) is 0 Å². The normalized spacial score (nSPS) is 9.44. The van der Waals surface area contributed by atoms with Crippen LogP contribution in [0.2, 0.25) is 0 Å². The zero-order chi connectivity index (χ0) is 6.85. The predicted octanol–water partition coefficient (Wildman–Crippen LogP) is 0.381. The molecule has 0 aliphatic rings. The second-order valence-electron chi connectivity index (χ2n) is 1.38. The lowest BCUT2D eigenvalue weighted by molar-refractivity contribution is 0.0992. The van der Waals surface area contributed by atoms with Gasteiger partial charge in [0.15, 0.2) is 11.5 Å². The molecule has 1 heterocycles. The van der Waals surface area contributed by atoms with Crippen molar-refractivity contribution < 1.29 is 9.18 Å². The first kappa shape index (κ1) is 6.15. The van der Waals surface area contributed by atoms with E-state index < -0.39 is 11.7 Å². The van der Waals surface area contributed by atoms with E-state index in [1.54, 1.807) is 0 Å². The number of nitrogens with zero attached hydrogens (tertiary/aromatic N) is 1. The number of carbonyl (C=O) groups excluding carboxylic acids is 1. The molecule has 0 unspecified atom stereocenters. The highest BCUT2D eigenvalue weighted by Gasteiger charge is 2.09. The van der Waals surface area contributed by atoms with Crippen molar-refractivity contribution in [2.24, 2.45) is 5.73 Å². The second-order valence-corrected chi connectivity index (χ2v) is 2.00. The highest BCUT2D eigenvalue weighted by atomic mass is 32.1. The molecule has 0 spiro atoms. The maximum atomic E-state index is 12.2. The lowest BCUT2D eigenvalue weighted by Crippen LogP contribution is -2.12. The van der Waals surface area contributed by atoms with Gasteiger partial charge in [0.1, 0.15) is 0 Å². The molecule has 0 saturated heterocycles. The Kier molecular flexibility index (Phi) is 1.44. The molecule has 1 aromatic rings. The quantitative estimate of drug-likeness (QED) is 0.622. The first-order valence-corrected chi connectivity index (χ1v) is 2.95. The lowest BCUT2D eigenvalue weighted by atomic mass is 10.4. The Hall–Kier alpha value is -0.970. The van der Waals surface area contributed by atoms with Gasteiger partial charge in [0.2, 0.25) is 0 Å². The minimum absolute atomic E-state index is 0.278. The smallest absolute Gasteiger partial charge is 0.271 e. The Balaban J connectivity index is 3.08. The van der Waals surface area contributed by atoms with E-state index in [-0.39, 0.29) is 5.69 Å². The Morgan fingerprint density at radius 1 is 1.89 bits per heavy atom. The molecule has 1 amide bonds. The minimum atomic E-state index is -0.825. The van der Waals surface area contributed by atoms with Gasteiger partial charge >= 0.3 is 0 Å². The molecular formula is C4H3FN2OS. The topological polar surface area (TPSA) is 56.0 Å². The van der Waals surface area contributed by atoms with Gasteiger partial charge in [-0.25, -0.2) is 4.39 Å². The second kappa shape index (κ2) is 2.10. The van der Waals surface area contributed by atoms with Gasteiger partial charge in [-0.2, -0.15) is 4.37 Å². The van der Waals surface area contributed by atoms with Crippen LogP contribution in [0.3, 0.4) is 0 Å². The van der Waals surface area contributed by atoms with Crippen LogP contribution in [0.15, 0.2) is 5.38 Å². The molecule has 2 N–H and O–H groups in total. The van der Waals surface area contributed by atoms with E-state index in [9.17, 15) is 9.18 Å². The molecule has 9 heavy (non-hydrogen) atoms. The fourth-order valence-electron chi connectivity index (χ4n) is 0.387. The number of hydrogen-bond acceptors (Lipinski definition) is 3. The lowest BCUT2D eigenvalue weighted by Gasteiger charge is -1.82. The van der Waals surface area contributed by atoms with Gasteiger partial charge in [0.25, 0.3) is 5.91 Å². The zero-order valence-corrected chi connectivity index (χ0v) is 5.11. The maximum absolute atomic E-state index is 12.2. The van der Waals surface area contributed by atoms with Crippen LogP contribution in [0, 0.1) is 5.82 Å². The fraction of sp³-hybridized carbons (Fsp3) is 0. The van der Waals surface area contributed by atoms with Crippen molar-refractivity contribution in [2.75, 3.05) is 0 Å². The predicted molar refractivity (Wildman–Crippen MR) is 30.6 cm³/mol. The van der Waals surface area contributed by atoms with Gasteiger partial charge in [0.05, 0.1) is 0 Å². The third-order valence-electron chi connectivity index (χ3n) is 0.760. The Morgan fingerprint density at radius 2 is 2.56 bits per heavy atom. The van der Waals surface area contributed by atoms with Crippen LogP contribution in [0.25, 0.3) is 0 Å². The average molecular weight is 146 g/mol. The number of primary amides is 1. The Bertz CT molecular complexity index is 234. The molecule has 0 atom stereocenters. The largest absolute Gasteiger partial charge is 0.364 e. The van der Waals surface area contributed by atoms with Crippen molar-refractivity contribution in [3.05, 3.63) is 16.9 Å². The summed E-state index contributed by atoms with van der Waals surface area (Å²) in [5.74, 6) is -1.47. The van der Waals surface area contributed by atoms with Gasteiger partial charge in [0, 0.05) is 5.38 Å². The standard InChI is InChI=1S/C4H3FN2OS/c5-2-1-9-7-3(2)4(6)8/h1H,(H2,6,8). The Morgan fingerprint density at radius 3 is 2.78 bits per heavy atom. The van der Waals surface area contributed by atoms with Crippen LogP contribution < -0.4 is 5.73 Å². The highest BCUT2D eigenvalue weighted by Crippen LogP contribution is 2.05. The van der Waals surface area contributed by atoms with Crippen molar-refractivity contribution in [3.8, 4) is 0 Å². The van der Waals surface area contributed by atoms with Crippen LogP contribution in [-0.4, -0.2) is 10.3 Å². The molecule has 0 radical (unpaired) electrons. The molecule has 1 aromatic heterocycles. The molecular weight excluding hydrogens is 143 g/mol. The van der Waals surface area contributed by atoms with Crippen molar-refractivity contribution in [2.45, 2.75) is 0 Å². The van der Waals surface area contributed by atoms with Crippen LogP contribution in [-0.2, 0) is 0 Å². The number of nitrogens with two attached hydrogens (primary N) is 1. The summed E-state index contributed by atoms with van der Waals surface area (Å²) in [6.45, 7) is 0. The Labute approximate surface area is 54.5 Å². The first-order chi connectivity index (χ1) is 4.22. The summed E-state index contributed by atoms with van der Waals surface area (Å²) >= 11 is 0.869. The van der Waals surface area contributed by atoms with E-state index in [2.05, 4.69) is 4.37 Å². The van der Waals surface area contributed by atoms with E-state index in [4.69, 9.17) is 5.73 Å². The molecule has 0 aliphatic carbocycles. The number of rotatable bonds is 1. The molecule has 1 rings (SSSR count). The fourth-order valence-corrected chi connectivity index (χ4v) is 0.927. The summed E-state index contributed by atoms with van der Waals surface area (Å²) in [7, 11) is 0. The summed E-state index contributed by atoms with van der Waals surface area (Å²) in [6.07, 6.45) is 0. The summed E-state index contributed by atoms with van der Waals surface area (Å²) in [4.78, 5) is 10.2. The van der Waals surface area contributed by atoms with Crippen molar-refractivity contribution >= 4 is 17.4 Å². The maximum Gasteiger partial charge on any atom is 0.271 e. The van der Waals surface area contributed by atoms with Gasteiger partial charge in [-0.05, 0) is 11.5 Å². The van der Waals surface area contributed by atoms with Gasteiger partial charge in [-0.3, -0.25) is 4.79 Å². The summed E-state index contributed by atoms with van der Waals surface area (Å²) in [5, 5.41) is 1.13. The van der Waals surface area contributed by atoms with E-state index in [1.807, 2.05) is 0 Å². The van der Waals surface area contributed by atoms with E-state index >= 15 is 0 Å². The third-order valence-corrected chi connectivity index (χ3v) is 1.36. The first-order valence-electron chi connectivity index (χ1n) is 2.11. The number of amides is 1. The van der Waals surface area contributed by atoms with Gasteiger partial charge < -0.3 is 5.73 Å². The van der Waals surface area contributed by atoms with Crippen molar-refractivity contribution in [1.82, 2.24) is 4.37 Å². The molecule has 3 nitrogen and oxygen atoms in total. The van der Waals surface area contributed by atoms with Crippen LogP contribution in [0.4, 0.5) is 4.39 Å². The highest BCUT2D eigenvalue weighted by molar-refractivity contribution is 7.03. The van der Waals surface area contributed by atoms with Crippen LogP contribution >= 0.6 is 11.5 Å². The SMILES string of the molecule is NC(=O)c1nscc1F. The van der Waals surface area contributed by atoms with Crippen LogP contribution in [0.5, 0.6) is 0 Å². The molecule has 48 valence electrons. The summed E-state index contributed by atoms with van der Waals surface area (Å²) in [6, 6.07) is 0. The molecule has 5 heteroatoms. The van der Waals surface area contributed by atoms with E-state index in [0.717, 1.165) is 16.9 Å². The molecule has 0 aliphatic heterocycles. The van der Waals surface area contributed by atoms with E-state index in [1.165, 1.54) is 0 Å². The summed E-state index contributed by atoms with van der Waals surface area (Å²) in [5.41, 5.74) is 4.45. The van der Waals surface area contributed by atoms with Crippen LogP contribution in [0.1, 0.15) is 10.5 Å².